The maximum absolute atomic E-state index is 12.6. The van der Waals surface area contributed by atoms with Crippen LogP contribution in [0.2, 0.25) is 0 Å². The van der Waals surface area contributed by atoms with Gasteiger partial charge in [0, 0.05) is 25.1 Å². The van der Waals surface area contributed by atoms with E-state index in [4.69, 9.17) is 23.8 Å². The molecule has 0 saturated carbocycles. The van der Waals surface area contributed by atoms with Gasteiger partial charge < -0.3 is 36.8 Å². The van der Waals surface area contributed by atoms with Crippen LogP contribution in [0.1, 0.15) is 29.9 Å². The molecule has 5 N–H and O–H groups in total. The summed E-state index contributed by atoms with van der Waals surface area (Å²) in [4.78, 5) is 77.0. The van der Waals surface area contributed by atoms with Crippen LogP contribution in [0.25, 0.3) is 0 Å². The third-order valence-electron chi connectivity index (χ3n) is 4.73. The van der Waals surface area contributed by atoms with Crippen molar-refractivity contribution in [2.75, 3.05) is 11.9 Å². The average molecular weight is 629 g/mol. The maximum Gasteiger partial charge on any atom is 0.518 e. The fourth-order valence-corrected chi connectivity index (χ4v) is 7.28. The first-order valence-corrected chi connectivity index (χ1v) is 16.2. The predicted molar refractivity (Wildman–Crippen MR) is 133 cm³/mol. The Morgan fingerprint density at radius 3 is 2.49 bits per heavy atom. The second-order valence-electron chi connectivity index (χ2n) is 7.72. The molecule has 3 rings (SSSR count). The van der Waals surface area contributed by atoms with Crippen LogP contribution in [-0.2, 0) is 48.8 Å². The monoisotopic (exact) mass is 629 g/mol. The number of anilines is 1. The molecule has 0 bridgehead atoms. The summed E-state index contributed by atoms with van der Waals surface area (Å²) in [6.07, 6.45) is -2.14. The predicted octanol–water partition coefficient (Wildman–Crippen LogP) is 1.17. The molecule has 2 aromatic rings. The highest BCUT2D eigenvalue weighted by Crippen LogP contribution is 2.70. The van der Waals surface area contributed by atoms with Gasteiger partial charge in [-0.15, -0.1) is 0 Å². The maximum atomic E-state index is 12.6. The van der Waals surface area contributed by atoms with Crippen molar-refractivity contribution in [1.82, 2.24) is 9.55 Å². The lowest BCUT2D eigenvalue weighted by molar-refractivity contribution is -0.150. The molecule has 1 saturated heterocycles. The molecule has 0 aliphatic carbocycles. The van der Waals surface area contributed by atoms with Gasteiger partial charge in [0.25, 0.3) is 5.91 Å². The number of carbonyl (C=O) groups is 2. The zero-order valence-electron chi connectivity index (χ0n) is 19.7. The first-order valence-electron chi connectivity index (χ1n) is 10.6. The lowest BCUT2D eigenvalue weighted by atomic mass is 10.2. The van der Waals surface area contributed by atoms with E-state index >= 15 is 0 Å². The van der Waals surface area contributed by atoms with Crippen LogP contribution in [0.4, 0.5) is 5.82 Å². The molecule has 1 aliphatic heterocycles. The Hall–Kier alpha value is -2.04. The van der Waals surface area contributed by atoms with Crippen LogP contribution in [0, 0.1) is 0 Å². The molecule has 2 heterocycles. The molecular weight excluding hydrogens is 607 g/mol. The summed E-state index contributed by atoms with van der Waals surface area (Å²) >= 11 is 4.56. The molecule has 0 spiro atoms. The van der Waals surface area contributed by atoms with Crippen LogP contribution < -0.4 is 11.0 Å². The Morgan fingerprint density at radius 1 is 1.23 bits per heavy atom. The minimum absolute atomic E-state index is 0.0383. The average Bonchev–Trinajstić information content (AvgIpc) is 3.17. The van der Waals surface area contributed by atoms with Gasteiger partial charge in [-0.1, -0.05) is 22.5 Å². The van der Waals surface area contributed by atoms with Gasteiger partial charge in [-0.3, -0.25) is 19.0 Å². The highest BCUT2D eigenvalue weighted by atomic mass is 32.7. The fourth-order valence-electron chi connectivity index (χ4n) is 3.31. The van der Waals surface area contributed by atoms with E-state index in [9.17, 15) is 33.3 Å². The Balaban J connectivity index is 1.69. The first kappa shape index (κ1) is 31.5. The SMILES string of the molecule is CC(=O)O[C@H]1C[C@H](n2ccc(NC(=O)c3ccccc3)nc2=O)O[C@@H]1CO[P+](O)([S-])OP(=O)(O)OP(=O)(O)O. The molecule has 1 aliphatic rings. The first-order chi connectivity index (χ1) is 18.0. The van der Waals surface area contributed by atoms with Crippen molar-refractivity contribution in [3.63, 3.8) is 0 Å². The smallest absolute Gasteiger partial charge is 0.460 e. The van der Waals surface area contributed by atoms with E-state index in [-0.39, 0.29) is 12.2 Å². The Bertz CT molecular complexity index is 1350. The van der Waals surface area contributed by atoms with E-state index in [0.29, 0.717) is 5.56 Å². The Kier molecular flexibility index (Phi) is 10.2. The van der Waals surface area contributed by atoms with Crippen molar-refractivity contribution in [2.45, 2.75) is 31.8 Å². The summed E-state index contributed by atoms with van der Waals surface area (Å²) in [6.45, 7) is 0.398. The van der Waals surface area contributed by atoms with E-state index in [1.54, 1.807) is 30.3 Å². The lowest BCUT2D eigenvalue weighted by Crippen LogP contribution is -2.30. The number of phosphoric acid groups is 2. The van der Waals surface area contributed by atoms with Gasteiger partial charge in [0.15, 0.2) is 0 Å². The van der Waals surface area contributed by atoms with Gasteiger partial charge in [0.05, 0.1) is 0 Å². The van der Waals surface area contributed by atoms with Crippen molar-refractivity contribution in [2.24, 2.45) is 0 Å². The zero-order chi connectivity index (χ0) is 29.0. The van der Waals surface area contributed by atoms with Gasteiger partial charge in [-0.25, -0.2) is 18.8 Å². The minimum Gasteiger partial charge on any atom is -0.460 e. The highest BCUT2D eigenvalue weighted by Gasteiger charge is 2.46. The van der Waals surface area contributed by atoms with Gasteiger partial charge in [-0.2, -0.15) is 13.8 Å². The van der Waals surface area contributed by atoms with Crippen molar-refractivity contribution in [3.8, 4) is 0 Å². The third kappa shape index (κ3) is 9.83. The fraction of sp³-hybridized carbons (Fsp3) is 0.333. The van der Waals surface area contributed by atoms with Crippen LogP contribution in [0.5, 0.6) is 0 Å². The molecule has 1 amide bonds. The summed E-state index contributed by atoms with van der Waals surface area (Å²) in [5, 5.41) is 2.48. The summed E-state index contributed by atoms with van der Waals surface area (Å²) in [6, 6.07) is 9.53. The van der Waals surface area contributed by atoms with Crippen LogP contribution in [0.15, 0.2) is 47.4 Å². The molecular formula is C18H22N3O14P3S. The zero-order valence-corrected chi connectivity index (χ0v) is 23.2. The molecule has 1 fully saturated rings. The van der Waals surface area contributed by atoms with E-state index in [1.165, 1.54) is 12.3 Å². The molecule has 2 unspecified atom stereocenters. The number of aromatic nitrogens is 2. The molecule has 214 valence electrons. The van der Waals surface area contributed by atoms with E-state index in [2.05, 4.69) is 31.2 Å². The summed E-state index contributed by atoms with van der Waals surface area (Å²) in [5.74, 6) is -1.26. The van der Waals surface area contributed by atoms with Crippen LogP contribution >= 0.6 is 22.8 Å². The number of esters is 1. The van der Waals surface area contributed by atoms with Crippen molar-refractivity contribution < 1.29 is 60.9 Å². The Morgan fingerprint density at radius 2 is 1.90 bits per heavy atom. The molecule has 17 nitrogen and oxygen atoms in total. The number of benzene rings is 1. The van der Waals surface area contributed by atoms with E-state index in [1.807, 2.05) is 0 Å². The van der Waals surface area contributed by atoms with Crippen molar-refractivity contribution in [1.29, 1.82) is 0 Å². The summed E-state index contributed by atoms with van der Waals surface area (Å²) in [7, 11) is -15.7. The second kappa shape index (κ2) is 12.6. The van der Waals surface area contributed by atoms with E-state index < -0.39 is 65.4 Å². The number of rotatable bonds is 11. The molecule has 1 aromatic carbocycles. The molecule has 5 atom stereocenters. The van der Waals surface area contributed by atoms with Gasteiger partial charge in [0.1, 0.15) is 30.9 Å². The number of nitrogens with zero attached hydrogens (tertiary/aromatic N) is 2. The number of nitrogens with one attached hydrogen (secondary N) is 1. The third-order valence-corrected chi connectivity index (χ3v) is 9.45. The molecule has 21 heteroatoms. The van der Waals surface area contributed by atoms with Gasteiger partial charge in [-0.05, 0) is 18.2 Å². The molecule has 39 heavy (non-hydrogen) atoms. The Labute approximate surface area is 225 Å². The lowest BCUT2D eigenvalue weighted by Gasteiger charge is -2.25. The highest BCUT2D eigenvalue weighted by molar-refractivity contribution is 8.36. The topological polar surface area (TPSA) is 242 Å². The van der Waals surface area contributed by atoms with E-state index in [0.717, 1.165) is 11.5 Å². The number of hydrogen-bond donors (Lipinski definition) is 5. The van der Waals surface area contributed by atoms with Crippen LogP contribution in [-0.4, -0.2) is 59.8 Å². The normalized spacial score (nSPS) is 22.5. The summed E-state index contributed by atoms with van der Waals surface area (Å²) in [5.41, 5.74) is -0.491. The number of hydrogen-bond acceptors (Lipinski definition) is 13. The minimum atomic E-state index is -5.54. The standard InChI is InChI=1S/C18H22N3O14P3S/c1-11(22)32-13-9-16(33-14(13)10-31-38(30,39)35-37(28,29)34-36(25,26)27)21-8-7-15(20-18(21)24)19-17(23)12-5-3-2-4-6-12/h2-8,13-14,16H,9-10H2,1H3,(H,28,29)(H,30,39)(H2,25,26,27)(H,19,20,23,24)/t13-,14+,16+,38?/m0/s1. The summed E-state index contributed by atoms with van der Waals surface area (Å²) < 4.78 is 47.0. The number of ether oxygens (including phenoxy) is 2. The van der Waals surface area contributed by atoms with Crippen molar-refractivity contribution in [3.05, 3.63) is 58.6 Å². The quantitative estimate of drug-likeness (QED) is 0.133. The van der Waals surface area contributed by atoms with Gasteiger partial charge in [0.2, 0.25) is 0 Å². The second-order valence-corrected chi connectivity index (χ2v) is 13.5. The largest absolute Gasteiger partial charge is 0.518 e. The number of amides is 1. The van der Waals surface area contributed by atoms with Crippen molar-refractivity contribution >= 4 is 52.7 Å². The van der Waals surface area contributed by atoms with Crippen LogP contribution in [0.3, 0.4) is 0 Å². The number of carbonyl (C=O) groups excluding carboxylic acids is 2. The molecule has 1 aromatic heterocycles. The van der Waals surface area contributed by atoms with Gasteiger partial charge >= 0.3 is 34.4 Å². The molecule has 0 radical (unpaired) electrons.